The van der Waals surface area contributed by atoms with Crippen LogP contribution in [0.5, 0.6) is 0 Å². The van der Waals surface area contributed by atoms with Crippen molar-refractivity contribution in [2.75, 3.05) is 36.4 Å². The highest BCUT2D eigenvalue weighted by Crippen LogP contribution is 2.31. The van der Waals surface area contributed by atoms with Crippen molar-refractivity contribution in [3.63, 3.8) is 0 Å². The lowest BCUT2D eigenvalue weighted by Gasteiger charge is -2.37. The summed E-state index contributed by atoms with van der Waals surface area (Å²) in [5, 5.41) is 4.50. The first kappa shape index (κ1) is 20.7. The molecule has 0 bridgehead atoms. The lowest BCUT2D eigenvalue weighted by atomic mass is 10.0. The molecule has 1 unspecified atom stereocenters. The van der Waals surface area contributed by atoms with Gasteiger partial charge in [-0.05, 0) is 55.5 Å². The Morgan fingerprint density at radius 3 is 2.66 bits per heavy atom. The van der Waals surface area contributed by atoms with Crippen molar-refractivity contribution in [3.8, 4) is 0 Å². The standard InChI is InChI=1S/C25H29N5O2/c1-17(31)27-24-7-6-21(15-26-24)29-12-9-20(10-13-29)30-11-8-19(16-30)23-14-18-4-2-3-5-22(18)25(32)28-23/h2-7,14-15,19-20H,8-13,16H2,1H3,(H,28,32)(H,26,27,31). The molecule has 0 aliphatic carbocycles. The Balaban J connectivity index is 1.19. The van der Waals surface area contributed by atoms with Crippen molar-refractivity contribution < 1.29 is 4.79 Å². The Kier molecular flexibility index (Phi) is 5.66. The number of H-pyrrole nitrogens is 1. The number of amides is 1. The summed E-state index contributed by atoms with van der Waals surface area (Å²) in [7, 11) is 0. The Morgan fingerprint density at radius 1 is 1.09 bits per heavy atom. The van der Waals surface area contributed by atoms with Gasteiger partial charge in [-0.25, -0.2) is 4.98 Å². The number of nitrogens with one attached hydrogen (secondary N) is 2. The van der Waals surface area contributed by atoms with Crippen molar-refractivity contribution in [1.82, 2.24) is 14.9 Å². The zero-order valence-corrected chi connectivity index (χ0v) is 18.4. The lowest BCUT2D eigenvalue weighted by molar-refractivity contribution is -0.114. The van der Waals surface area contributed by atoms with Crippen molar-refractivity contribution in [2.24, 2.45) is 0 Å². The number of carbonyl (C=O) groups is 1. The Labute approximate surface area is 187 Å². The van der Waals surface area contributed by atoms with Gasteiger partial charge >= 0.3 is 0 Å². The number of piperidine rings is 1. The molecule has 7 nitrogen and oxygen atoms in total. The molecule has 1 atom stereocenters. The summed E-state index contributed by atoms with van der Waals surface area (Å²) >= 11 is 0. The maximum atomic E-state index is 12.5. The predicted molar refractivity (Wildman–Crippen MR) is 127 cm³/mol. The molecule has 4 heterocycles. The molecule has 7 heteroatoms. The quantitative estimate of drug-likeness (QED) is 0.662. The van der Waals surface area contributed by atoms with Crippen LogP contribution in [-0.4, -0.2) is 53.0 Å². The molecular formula is C25H29N5O2. The van der Waals surface area contributed by atoms with Crippen LogP contribution in [-0.2, 0) is 4.79 Å². The minimum Gasteiger partial charge on any atom is -0.370 e. The second-order valence-corrected chi connectivity index (χ2v) is 8.92. The molecular weight excluding hydrogens is 402 g/mol. The fourth-order valence-corrected chi connectivity index (χ4v) is 5.14. The van der Waals surface area contributed by atoms with Gasteiger partial charge in [0.2, 0.25) is 5.91 Å². The van der Waals surface area contributed by atoms with Crippen molar-refractivity contribution >= 4 is 28.2 Å². The van der Waals surface area contributed by atoms with Crippen LogP contribution >= 0.6 is 0 Å². The number of rotatable bonds is 4. The van der Waals surface area contributed by atoms with Gasteiger partial charge in [-0.1, -0.05) is 18.2 Å². The molecule has 3 aromatic rings. The topological polar surface area (TPSA) is 81.3 Å². The molecule has 5 rings (SSSR count). The van der Waals surface area contributed by atoms with Gasteiger partial charge in [-0.15, -0.1) is 0 Å². The van der Waals surface area contributed by atoms with E-state index in [2.05, 4.69) is 31.2 Å². The summed E-state index contributed by atoms with van der Waals surface area (Å²) in [6.45, 7) is 5.57. The van der Waals surface area contributed by atoms with Gasteiger partial charge in [0.1, 0.15) is 5.82 Å². The van der Waals surface area contributed by atoms with E-state index in [4.69, 9.17) is 0 Å². The van der Waals surface area contributed by atoms with Gasteiger partial charge in [0, 0.05) is 49.6 Å². The zero-order chi connectivity index (χ0) is 22.1. The fraction of sp³-hybridized carbons (Fsp3) is 0.400. The van der Waals surface area contributed by atoms with E-state index in [1.54, 1.807) is 0 Å². The number of likely N-dealkylation sites (tertiary alicyclic amines) is 1. The number of aromatic nitrogens is 2. The van der Waals surface area contributed by atoms with Crippen LogP contribution < -0.4 is 15.8 Å². The van der Waals surface area contributed by atoms with E-state index in [-0.39, 0.29) is 11.5 Å². The third kappa shape index (κ3) is 4.25. The van der Waals surface area contributed by atoms with Crippen LogP contribution in [0.3, 0.4) is 0 Å². The first-order valence-electron chi connectivity index (χ1n) is 11.4. The number of nitrogens with zero attached hydrogens (tertiary/aromatic N) is 3. The molecule has 0 radical (unpaired) electrons. The highest BCUT2D eigenvalue weighted by atomic mass is 16.1. The summed E-state index contributed by atoms with van der Waals surface area (Å²) in [5.74, 6) is 0.865. The van der Waals surface area contributed by atoms with Crippen LogP contribution in [0.25, 0.3) is 10.8 Å². The predicted octanol–water partition coefficient (Wildman–Crippen LogP) is 3.34. The average Bonchev–Trinajstić information content (AvgIpc) is 3.30. The Hall–Kier alpha value is -3.19. The molecule has 1 aromatic carbocycles. The Morgan fingerprint density at radius 2 is 1.91 bits per heavy atom. The largest absolute Gasteiger partial charge is 0.370 e. The molecule has 2 N–H and O–H groups in total. The van der Waals surface area contributed by atoms with E-state index in [0.29, 0.717) is 17.8 Å². The molecule has 2 aromatic heterocycles. The fourth-order valence-electron chi connectivity index (χ4n) is 5.14. The minimum absolute atomic E-state index is 0.0167. The molecule has 32 heavy (non-hydrogen) atoms. The Bertz CT molecular complexity index is 1160. The van der Waals surface area contributed by atoms with Crippen LogP contribution in [0.15, 0.2) is 53.5 Å². The molecule has 2 saturated heterocycles. The highest BCUT2D eigenvalue weighted by Gasteiger charge is 2.32. The summed E-state index contributed by atoms with van der Waals surface area (Å²) in [6.07, 6.45) is 5.17. The third-order valence-electron chi connectivity index (χ3n) is 6.83. The molecule has 2 aliphatic heterocycles. The number of carbonyl (C=O) groups excluding carboxylic acids is 1. The number of anilines is 2. The van der Waals surface area contributed by atoms with Crippen LogP contribution in [0, 0.1) is 0 Å². The lowest BCUT2D eigenvalue weighted by Crippen LogP contribution is -2.44. The van der Waals surface area contributed by atoms with E-state index < -0.39 is 0 Å². The SMILES string of the molecule is CC(=O)Nc1ccc(N2CCC(N3CCC(c4cc5ccccc5c(=O)[nH]4)C3)CC2)cn1. The van der Waals surface area contributed by atoms with E-state index in [9.17, 15) is 9.59 Å². The summed E-state index contributed by atoms with van der Waals surface area (Å²) in [5.41, 5.74) is 2.19. The van der Waals surface area contributed by atoms with E-state index >= 15 is 0 Å². The van der Waals surface area contributed by atoms with Crippen LogP contribution in [0.2, 0.25) is 0 Å². The smallest absolute Gasteiger partial charge is 0.256 e. The maximum absolute atomic E-state index is 12.5. The molecule has 0 saturated carbocycles. The van der Waals surface area contributed by atoms with Gasteiger partial charge in [0.25, 0.3) is 5.56 Å². The van der Waals surface area contributed by atoms with Gasteiger partial charge in [-0.2, -0.15) is 0 Å². The van der Waals surface area contributed by atoms with Crippen LogP contribution in [0.1, 0.15) is 37.8 Å². The second-order valence-electron chi connectivity index (χ2n) is 8.92. The minimum atomic E-state index is -0.109. The van der Waals surface area contributed by atoms with E-state index in [1.807, 2.05) is 42.6 Å². The summed E-state index contributed by atoms with van der Waals surface area (Å²) in [6, 6.07) is 14.4. The van der Waals surface area contributed by atoms with Crippen molar-refractivity contribution in [2.45, 2.75) is 38.1 Å². The number of benzene rings is 1. The molecule has 2 aliphatic rings. The van der Waals surface area contributed by atoms with Gasteiger partial charge < -0.3 is 15.2 Å². The third-order valence-corrected chi connectivity index (χ3v) is 6.83. The number of aromatic amines is 1. The zero-order valence-electron chi connectivity index (χ0n) is 18.4. The van der Waals surface area contributed by atoms with Gasteiger partial charge in [-0.3, -0.25) is 14.5 Å². The number of fused-ring (bicyclic) bond motifs is 1. The molecule has 166 valence electrons. The number of pyridine rings is 2. The highest BCUT2D eigenvalue weighted by molar-refractivity contribution is 5.87. The van der Waals surface area contributed by atoms with Gasteiger partial charge in [0.15, 0.2) is 0 Å². The molecule has 2 fully saturated rings. The molecule has 0 spiro atoms. The summed E-state index contributed by atoms with van der Waals surface area (Å²) in [4.78, 5) is 36.1. The second kappa shape index (κ2) is 8.74. The first-order valence-corrected chi connectivity index (χ1v) is 11.4. The number of hydrogen-bond donors (Lipinski definition) is 2. The van der Waals surface area contributed by atoms with Crippen molar-refractivity contribution in [1.29, 1.82) is 0 Å². The van der Waals surface area contributed by atoms with Crippen molar-refractivity contribution in [3.05, 3.63) is 64.7 Å². The van der Waals surface area contributed by atoms with Gasteiger partial charge in [0.05, 0.1) is 11.9 Å². The maximum Gasteiger partial charge on any atom is 0.256 e. The normalized spacial score (nSPS) is 20.0. The monoisotopic (exact) mass is 431 g/mol. The summed E-state index contributed by atoms with van der Waals surface area (Å²) < 4.78 is 0. The molecule has 1 amide bonds. The van der Waals surface area contributed by atoms with Crippen LogP contribution in [0.4, 0.5) is 11.5 Å². The van der Waals surface area contributed by atoms with E-state index in [1.165, 1.54) is 6.92 Å². The number of hydrogen-bond acceptors (Lipinski definition) is 5. The first-order chi connectivity index (χ1) is 15.6. The van der Waals surface area contributed by atoms with E-state index in [0.717, 1.165) is 67.6 Å². The average molecular weight is 432 g/mol.